The number of ether oxygens (including phenoxy) is 1. The smallest absolute Gasteiger partial charge is 0.343 e. The number of likely N-dealkylation sites (tertiary alicyclic amines) is 1. The first kappa shape index (κ1) is 22.9. The number of hydrogen-bond donors (Lipinski definition) is 1. The van der Waals surface area contributed by atoms with E-state index in [4.69, 9.17) is 4.74 Å². The highest BCUT2D eigenvalue weighted by atomic mass is 16.5. The maximum Gasteiger partial charge on any atom is 0.343 e. The molecule has 2 heterocycles. The molecule has 1 aromatic carbocycles. The molecule has 2 fully saturated rings. The topological polar surface area (TPSA) is 75.5 Å². The van der Waals surface area contributed by atoms with Crippen LogP contribution in [0.3, 0.4) is 0 Å². The van der Waals surface area contributed by atoms with Crippen LogP contribution in [0.5, 0.6) is 0 Å². The van der Waals surface area contributed by atoms with Gasteiger partial charge in [-0.05, 0) is 69.2 Å². The molecule has 0 amide bonds. The van der Waals surface area contributed by atoms with E-state index in [1.54, 1.807) is 12.5 Å². The largest absolute Gasteiger partial charge is 0.463 e. The second-order valence-corrected chi connectivity index (χ2v) is 9.32. The second-order valence-electron chi connectivity index (χ2n) is 9.32. The molecule has 0 bridgehead atoms. The molecule has 1 N–H and O–H groups in total. The van der Waals surface area contributed by atoms with Crippen molar-refractivity contribution in [2.75, 3.05) is 26.2 Å². The first-order chi connectivity index (χ1) is 15.7. The van der Waals surface area contributed by atoms with Crippen molar-refractivity contribution < 1.29 is 14.6 Å². The SMILES string of the molecule is O=C(OCC[C@@H](Cc1ccncn1)CN1CCCC1)C(O)(c1ccccc1)C1CCCC1. The predicted octanol–water partition coefficient (Wildman–Crippen LogP) is 3.74. The third kappa shape index (κ3) is 5.54. The average molecular weight is 438 g/mol. The summed E-state index contributed by atoms with van der Waals surface area (Å²) in [7, 11) is 0. The van der Waals surface area contributed by atoms with Crippen LogP contribution in [0.15, 0.2) is 48.9 Å². The van der Waals surface area contributed by atoms with Crippen molar-refractivity contribution in [2.24, 2.45) is 11.8 Å². The van der Waals surface area contributed by atoms with Crippen molar-refractivity contribution in [3.05, 3.63) is 60.2 Å². The lowest BCUT2D eigenvalue weighted by atomic mass is 9.80. The first-order valence-corrected chi connectivity index (χ1v) is 12.1. The Morgan fingerprint density at radius 3 is 2.56 bits per heavy atom. The summed E-state index contributed by atoms with van der Waals surface area (Å²) >= 11 is 0. The molecule has 1 aromatic heterocycles. The van der Waals surface area contributed by atoms with E-state index in [0.29, 0.717) is 18.1 Å². The Morgan fingerprint density at radius 2 is 1.88 bits per heavy atom. The van der Waals surface area contributed by atoms with Gasteiger partial charge in [0, 0.05) is 24.4 Å². The Bertz CT molecular complexity index is 836. The average Bonchev–Trinajstić information content (AvgIpc) is 3.54. The molecule has 2 atom stereocenters. The normalized spacial score (nSPS) is 20.2. The summed E-state index contributed by atoms with van der Waals surface area (Å²) in [4.78, 5) is 24.1. The van der Waals surface area contributed by atoms with Gasteiger partial charge < -0.3 is 14.7 Å². The van der Waals surface area contributed by atoms with Gasteiger partial charge in [0.2, 0.25) is 0 Å². The number of hydrogen-bond acceptors (Lipinski definition) is 6. The summed E-state index contributed by atoms with van der Waals surface area (Å²) in [6, 6.07) is 11.3. The lowest BCUT2D eigenvalue weighted by Crippen LogP contribution is -2.43. The summed E-state index contributed by atoms with van der Waals surface area (Å²) < 4.78 is 5.77. The van der Waals surface area contributed by atoms with Gasteiger partial charge in [-0.3, -0.25) is 0 Å². The zero-order valence-electron chi connectivity index (χ0n) is 18.9. The minimum Gasteiger partial charge on any atom is -0.463 e. The van der Waals surface area contributed by atoms with E-state index in [9.17, 15) is 9.90 Å². The minimum absolute atomic E-state index is 0.0844. The van der Waals surface area contributed by atoms with Gasteiger partial charge in [0.1, 0.15) is 6.33 Å². The lowest BCUT2D eigenvalue weighted by molar-refractivity contribution is -0.174. The molecule has 0 spiro atoms. The van der Waals surface area contributed by atoms with E-state index in [1.807, 2.05) is 36.4 Å². The van der Waals surface area contributed by atoms with E-state index >= 15 is 0 Å². The fraction of sp³-hybridized carbons (Fsp3) is 0.577. The maximum atomic E-state index is 13.2. The molecular weight excluding hydrogens is 402 g/mol. The summed E-state index contributed by atoms with van der Waals surface area (Å²) in [6.07, 6.45) is 11.2. The molecule has 4 rings (SSSR count). The molecule has 1 aliphatic carbocycles. The van der Waals surface area contributed by atoms with Gasteiger partial charge in [-0.15, -0.1) is 0 Å². The zero-order chi connectivity index (χ0) is 22.2. The number of aromatic nitrogens is 2. The number of carbonyl (C=O) groups excluding carboxylic acids is 1. The molecule has 1 saturated carbocycles. The fourth-order valence-corrected chi connectivity index (χ4v) is 5.31. The summed E-state index contributed by atoms with van der Waals surface area (Å²) in [6.45, 7) is 3.56. The molecule has 1 aliphatic heterocycles. The summed E-state index contributed by atoms with van der Waals surface area (Å²) in [5.41, 5.74) is 0.100. The lowest BCUT2D eigenvalue weighted by Gasteiger charge is -2.32. The van der Waals surface area contributed by atoms with Crippen molar-refractivity contribution in [1.82, 2.24) is 14.9 Å². The van der Waals surface area contributed by atoms with Crippen LogP contribution in [0.4, 0.5) is 0 Å². The van der Waals surface area contributed by atoms with Crippen LogP contribution in [-0.4, -0.2) is 52.2 Å². The highest BCUT2D eigenvalue weighted by Crippen LogP contribution is 2.41. The van der Waals surface area contributed by atoms with Crippen molar-refractivity contribution in [3.8, 4) is 0 Å². The van der Waals surface area contributed by atoms with Crippen molar-refractivity contribution in [3.63, 3.8) is 0 Å². The number of esters is 1. The van der Waals surface area contributed by atoms with Crippen LogP contribution in [0, 0.1) is 11.8 Å². The van der Waals surface area contributed by atoms with E-state index in [-0.39, 0.29) is 5.92 Å². The molecule has 32 heavy (non-hydrogen) atoms. The molecule has 1 unspecified atom stereocenters. The second kappa shape index (κ2) is 11.0. The van der Waals surface area contributed by atoms with Gasteiger partial charge in [0.05, 0.1) is 6.61 Å². The standard InChI is InChI=1S/C26H35N3O3/c30-25(26(31,23-10-4-5-11-23)22-8-2-1-3-9-22)32-17-13-21(19-29-15-6-7-16-29)18-24-12-14-27-20-28-24/h1-3,8-9,12,14,20-21,23,31H,4-7,10-11,13,15-19H2/t21-,26?/m0/s1. The number of carbonyl (C=O) groups is 1. The molecule has 1 saturated heterocycles. The van der Waals surface area contributed by atoms with E-state index in [0.717, 1.165) is 63.9 Å². The summed E-state index contributed by atoms with van der Waals surface area (Å²) in [5.74, 6) is -0.247. The number of aliphatic hydroxyl groups is 1. The Hall–Kier alpha value is -2.31. The van der Waals surface area contributed by atoms with Gasteiger partial charge in [-0.25, -0.2) is 14.8 Å². The predicted molar refractivity (Wildman–Crippen MR) is 123 cm³/mol. The quantitative estimate of drug-likeness (QED) is 0.571. The van der Waals surface area contributed by atoms with Gasteiger partial charge in [-0.2, -0.15) is 0 Å². The zero-order valence-corrected chi connectivity index (χ0v) is 18.9. The molecule has 172 valence electrons. The molecule has 6 nitrogen and oxygen atoms in total. The Kier molecular flexibility index (Phi) is 7.87. The molecule has 0 radical (unpaired) electrons. The Balaban J connectivity index is 1.40. The monoisotopic (exact) mass is 437 g/mol. The van der Waals surface area contributed by atoms with Crippen LogP contribution in [0.2, 0.25) is 0 Å². The van der Waals surface area contributed by atoms with Crippen molar-refractivity contribution in [1.29, 1.82) is 0 Å². The van der Waals surface area contributed by atoms with Gasteiger partial charge >= 0.3 is 5.97 Å². The summed E-state index contributed by atoms with van der Waals surface area (Å²) in [5, 5.41) is 11.6. The van der Waals surface area contributed by atoms with Crippen LogP contribution >= 0.6 is 0 Å². The highest BCUT2D eigenvalue weighted by Gasteiger charge is 2.47. The Labute approximate surface area is 191 Å². The van der Waals surface area contributed by atoms with E-state index in [2.05, 4.69) is 14.9 Å². The van der Waals surface area contributed by atoms with Crippen molar-refractivity contribution >= 4 is 5.97 Å². The van der Waals surface area contributed by atoms with E-state index in [1.165, 1.54) is 12.8 Å². The fourth-order valence-electron chi connectivity index (χ4n) is 5.31. The molecule has 6 heteroatoms. The number of benzene rings is 1. The maximum absolute atomic E-state index is 13.2. The van der Waals surface area contributed by atoms with Crippen LogP contribution in [0.1, 0.15) is 56.2 Å². The van der Waals surface area contributed by atoms with Gasteiger partial charge in [0.15, 0.2) is 5.60 Å². The minimum atomic E-state index is -1.56. The third-order valence-electron chi connectivity index (χ3n) is 7.09. The molecule has 2 aromatic rings. The van der Waals surface area contributed by atoms with Crippen LogP contribution in [-0.2, 0) is 21.6 Å². The number of nitrogens with zero attached hydrogens (tertiary/aromatic N) is 3. The van der Waals surface area contributed by atoms with Crippen LogP contribution in [0.25, 0.3) is 0 Å². The van der Waals surface area contributed by atoms with Gasteiger partial charge in [0.25, 0.3) is 0 Å². The Morgan fingerprint density at radius 1 is 1.12 bits per heavy atom. The molecular formula is C26H35N3O3. The van der Waals surface area contributed by atoms with Gasteiger partial charge in [-0.1, -0.05) is 43.2 Å². The van der Waals surface area contributed by atoms with Crippen LogP contribution < -0.4 is 0 Å². The van der Waals surface area contributed by atoms with E-state index < -0.39 is 11.6 Å². The first-order valence-electron chi connectivity index (χ1n) is 12.1. The van der Waals surface area contributed by atoms with Crippen molar-refractivity contribution in [2.45, 2.75) is 57.0 Å². The highest BCUT2D eigenvalue weighted by molar-refractivity contribution is 5.81. The molecule has 2 aliphatic rings. The third-order valence-corrected chi connectivity index (χ3v) is 7.09. The number of rotatable bonds is 10.